The van der Waals surface area contributed by atoms with E-state index in [9.17, 15) is 9.18 Å². The zero-order valence-corrected chi connectivity index (χ0v) is 16.3. The molecule has 0 saturated carbocycles. The number of carbonyl (C=O) groups is 1. The molecule has 138 valence electrons. The van der Waals surface area contributed by atoms with Crippen molar-refractivity contribution < 1.29 is 19.1 Å². The van der Waals surface area contributed by atoms with Gasteiger partial charge in [-0.25, -0.2) is 9.87 Å². The van der Waals surface area contributed by atoms with E-state index < -0.39 is 11.7 Å². The second kappa shape index (κ2) is 8.33. The molecule has 0 fully saturated rings. The highest BCUT2D eigenvalue weighted by atomic mass is 127. The fourth-order valence-electron chi connectivity index (χ4n) is 2.54. The van der Waals surface area contributed by atoms with Crippen LogP contribution in [0.3, 0.4) is 0 Å². The quantitative estimate of drug-likeness (QED) is 0.321. The third-order valence-electron chi connectivity index (χ3n) is 3.70. The van der Waals surface area contributed by atoms with Crippen molar-refractivity contribution in [3.05, 3.63) is 50.1 Å². The summed E-state index contributed by atoms with van der Waals surface area (Å²) >= 11 is 8.31. The first-order valence-corrected chi connectivity index (χ1v) is 9.12. The number of hydrogen-bond acceptors (Lipinski definition) is 6. The molecule has 7 nitrogen and oxygen atoms in total. The highest BCUT2D eigenvalue weighted by molar-refractivity contribution is 14.1. The monoisotopic (exact) mass is 492 g/mol. The lowest BCUT2D eigenvalue weighted by Crippen LogP contribution is -2.40. The average molecular weight is 493 g/mol. The molecule has 0 spiro atoms. The molecule has 2 aliphatic heterocycles. The molecule has 1 aromatic carbocycles. The third kappa shape index (κ3) is 4.00. The van der Waals surface area contributed by atoms with Gasteiger partial charge in [-0.2, -0.15) is 0 Å². The summed E-state index contributed by atoms with van der Waals surface area (Å²) in [5.74, 6) is -0.778. The summed E-state index contributed by atoms with van der Waals surface area (Å²) < 4.78 is 15.0. The topological polar surface area (TPSA) is 86.2 Å². The first-order valence-electron chi connectivity index (χ1n) is 7.66. The van der Waals surface area contributed by atoms with Gasteiger partial charge in [0.25, 0.3) is 5.91 Å². The summed E-state index contributed by atoms with van der Waals surface area (Å²) in [5.41, 5.74) is 2.51. The van der Waals surface area contributed by atoms with Crippen molar-refractivity contribution in [2.24, 2.45) is 4.99 Å². The number of hydroxylamine groups is 1. The minimum atomic E-state index is -0.619. The van der Waals surface area contributed by atoms with E-state index in [1.165, 1.54) is 6.07 Å². The average Bonchev–Trinajstić information content (AvgIpc) is 3.05. The van der Waals surface area contributed by atoms with Gasteiger partial charge < -0.3 is 15.3 Å². The van der Waals surface area contributed by atoms with Gasteiger partial charge in [0, 0.05) is 3.57 Å². The van der Waals surface area contributed by atoms with Crippen LogP contribution < -0.4 is 10.8 Å². The third-order valence-corrected chi connectivity index (χ3v) is 4.68. The van der Waals surface area contributed by atoms with Crippen LogP contribution in [-0.2, 0) is 9.63 Å². The van der Waals surface area contributed by atoms with E-state index in [-0.39, 0.29) is 35.5 Å². The number of carbonyl (C=O) groups excluding carboxylic acids is 1. The molecule has 1 atom stereocenters. The minimum absolute atomic E-state index is 0.0668. The lowest BCUT2D eigenvalue weighted by Gasteiger charge is -2.31. The van der Waals surface area contributed by atoms with Crippen molar-refractivity contribution >= 4 is 52.1 Å². The smallest absolute Gasteiger partial charge is 0.280 e. The number of halogens is 3. The zero-order valence-electron chi connectivity index (χ0n) is 13.4. The van der Waals surface area contributed by atoms with E-state index in [0.717, 1.165) is 3.57 Å². The van der Waals surface area contributed by atoms with E-state index in [1.807, 2.05) is 22.6 Å². The molecule has 0 bridgehead atoms. The largest absolute Gasteiger partial charge is 0.394 e. The Labute approximate surface area is 167 Å². The van der Waals surface area contributed by atoms with Crippen LogP contribution in [0.5, 0.6) is 0 Å². The molecule has 1 unspecified atom stereocenters. The number of aliphatic imine (C=N–C) groups is 1. The van der Waals surface area contributed by atoms with Crippen LogP contribution in [0.15, 0.2) is 45.7 Å². The number of fused-ring (bicyclic) bond motifs is 1. The van der Waals surface area contributed by atoms with Gasteiger partial charge in [-0.05, 0) is 46.9 Å². The molecular weight excluding hydrogens is 478 g/mol. The molecule has 2 aliphatic rings. The van der Waals surface area contributed by atoms with Crippen LogP contribution in [0.25, 0.3) is 0 Å². The number of aliphatic hydroxyl groups is 1. The molecule has 0 saturated heterocycles. The number of nitrogens with zero attached hydrogens (tertiary/aromatic N) is 2. The number of benzene rings is 1. The van der Waals surface area contributed by atoms with Gasteiger partial charge in [0.1, 0.15) is 17.2 Å². The predicted molar refractivity (Wildman–Crippen MR) is 104 cm³/mol. The Hall–Kier alpha value is -1.69. The minimum Gasteiger partial charge on any atom is -0.394 e. The lowest BCUT2D eigenvalue weighted by molar-refractivity contribution is -0.130. The molecule has 0 aliphatic carbocycles. The fraction of sp³-hybridized carbons (Fsp3) is 0.250. The molecule has 10 heteroatoms. The van der Waals surface area contributed by atoms with E-state index in [2.05, 4.69) is 15.8 Å². The van der Waals surface area contributed by atoms with Crippen molar-refractivity contribution in [3.8, 4) is 0 Å². The molecule has 3 rings (SSSR count). The normalized spacial score (nSPS) is 18.7. The summed E-state index contributed by atoms with van der Waals surface area (Å²) in [6, 6.07) is 4.54. The van der Waals surface area contributed by atoms with Gasteiger partial charge in [0.05, 0.1) is 42.9 Å². The fourth-order valence-corrected chi connectivity index (χ4v) is 3.32. The van der Waals surface area contributed by atoms with E-state index in [0.29, 0.717) is 12.4 Å². The van der Waals surface area contributed by atoms with Crippen molar-refractivity contribution in [1.82, 2.24) is 10.4 Å². The Kier molecular flexibility index (Phi) is 6.12. The van der Waals surface area contributed by atoms with E-state index >= 15 is 0 Å². The van der Waals surface area contributed by atoms with E-state index in [4.69, 9.17) is 21.5 Å². The van der Waals surface area contributed by atoms with Gasteiger partial charge >= 0.3 is 0 Å². The van der Waals surface area contributed by atoms with Crippen molar-refractivity contribution in [3.63, 3.8) is 0 Å². The van der Waals surface area contributed by atoms with Gasteiger partial charge in [-0.15, -0.1) is 0 Å². The number of amides is 1. The van der Waals surface area contributed by atoms with Crippen molar-refractivity contribution in [2.45, 2.75) is 6.04 Å². The highest BCUT2D eigenvalue weighted by Gasteiger charge is 2.34. The van der Waals surface area contributed by atoms with Crippen LogP contribution in [0, 0.1) is 9.39 Å². The van der Waals surface area contributed by atoms with Gasteiger partial charge in [-0.1, -0.05) is 11.6 Å². The van der Waals surface area contributed by atoms with Gasteiger partial charge in [0.2, 0.25) is 0 Å². The van der Waals surface area contributed by atoms with E-state index in [1.54, 1.807) is 29.4 Å². The van der Waals surface area contributed by atoms with Crippen molar-refractivity contribution in [2.75, 3.05) is 25.1 Å². The summed E-state index contributed by atoms with van der Waals surface area (Å²) in [4.78, 5) is 23.3. The first-order chi connectivity index (χ1) is 12.5. The maximum Gasteiger partial charge on any atom is 0.280 e. The summed E-state index contributed by atoms with van der Waals surface area (Å²) in [6.45, 7) is 0.165. The Morgan fingerprint density at radius 2 is 2.35 bits per heavy atom. The van der Waals surface area contributed by atoms with Crippen LogP contribution in [0.2, 0.25) is 0 Å². The van der Waals surface area contributed by atoms with Crippen LogP contribution in [-0.4, -0.2) is 48.1 Å². The molecule has 3 N–H and O–H groups in total. The second-order valence-electron chi connectivity index (χ2n) is 5.45. The molecular formula is C16H15ClFIN4O3. The number of anilines is 1. The maximum atomic E-state index is 14.3. The molecule has 26 heavy (non-hydrogen) atoms. The standard InChI is InChI=1S/C16H15ClFIN4O3/c17-11-6-10-7-20-8-23(10)15(14(11)16(25)22-26-4-3-24)21-13-2-1-9(19)5-12(13)18/h1-2,5-6,8,10,21,24H,3-4,7H2,(H,22,25). The number of aliphatic hydroxyl groups excluding tert-OH is 1. The van der Waals surface area contributed by atoms with Crippen LogP contribution in [0.4, 0.5) is 10.1 Å². The summed E-state index contributed by atoms with van der Waals surface area (Å²) in [5, 5.41) is 11.9. The second-order valence-corrected chi connectivity index (χ2v) is 7.10. The lowest BCUT2D eigenvalue weighted by atomic mass is 10.1. The first kappa shape index (κ1) is 19.1. The van der Waals surface area contributed by atoms with Gasteiger partial charge in [0.15, 0.2) is 0 Å². The maximum absolute atomic E-state index is 14.3. The zero-order chi connectivity index (χ0) is 18.7. The SMILES string of the molecule is O=C(NOCCO)C1=C(Nc2ccc(I)cc2F)N2C=NCC2C=C1Cl. The summed E-state index contributed by atoms with van der Waals surface area (Å²) in [6.07, 6.45) is 3.27. The molecule has 2 heterocycles. The Morgan fingerprint density at radius 3 is 3.08 bits per heavy atom. The number of hydrogen-bond donors (Lipinski definition) is 3. The van der Waals surface area contributed by atoms with Crippen molar-refractivity contribution in [1.29, 1.82) is 0 Å². The molecule has 1 aromatic rings. The van der Waals surface area contributed by atoms with Crippen LogP contribution >= 0.6 is 34.2 Å². The molecule has 0 aromatic heterocycles. The Balaban J connectivity index is 1.97. The Bertz CT molecular complexity index is 815. The summed E-state index contributed by atoms with van der Waals surface area (Å²) in [7, 11) is 0. The highest BCUT2D eigenvalue weighted by Crippen LogP contribution is 2.32. The number of nitrogens with one attached hydrogen (secondary N) is 2. The Morgan fingerprint density at radius 1 is 1.54 bits per heavy atom. The van der Waals surface area contributed by atoms with Crippen LogP contribution in [0.1, 0.15) is 0 Å². The number of rotatable bonds is 6. The molecule has 0 radical (unpaired) electrons. The van der Waals surface area contributed by atoms with Gasteiger partial charge in [-0.3, -0.25) is 14.6 Å². The molecule has 1 amide bonds. The predicted octanol–water partition coefficient (Wildman–Crippen LogP) is 1.94.